The number of rotatable bonds is 8. The van der Waals surface area contributed by atoms with E-state index in [0.717, 1.165) is 34.8 Å². The van der Waals surface area contributed by atoms with E-state index in [9.17, 15) is 9.59 Å². The summed E-state index contributed by atoms with van der Waals surface area (Å²) in [5.74, 6) is 1.44. The highest BCUT2D eigenvalue weighted by Gasteiger charge is 2.28. The topological polar surface area (TPSA) is 78.9 Å². The molecule has 1 aromatic heterocycles. The van der Waals surface area contributed by atoms with Crippen molar-refractivity contribution in [3.05, 3.63) is 71.8 Å². The average Bonchev–Trinajstić information content (AvgIpc) is 2.95. The molecule has 1 aliphatic rings. The van der Waals surface area contributed by atoms with E-state index in [1.165, 1.54) is 0 Å². The van der Waals surface area contributed by atoms with Crippen molar-refractivity contribution in [1.82, 2.24) is 20.0 Å². The van der Waals surface area contributed by atoms with E-state index >= 15 is 0 Å². The molecule has 0 spiro atoms. The number of carbonyl (C=O) groups excluding carboxylic acids is 2. The van der Waals surface area contributed by atoms with Crippen molar-refractivity contribution in [3.63, 3.8) is 0 Å². The summed E-state index contributed by atoms with van der Waals surface area (Å²) in [5, 5.41) is 8.84. The van der Waals surface area contributed by atoms with Crippen LogP contribution in [0.15, 0.2) is 60.7 Å². The van der Waals surface area contributed by atoms with Crippen molar-refractivity contribution < 1.29 is 14.3 Å². The maximum atomic E-state index is 13.3. The Morgan fingerprint density at radius 1 is 1.00 bits per heavy atom. The minimum atomic E-state index is -0.0918. The van der Waals surface area contributed by atoms with E-state index in [4.69, 9.17) is 4.74 Å². The fourth-order valence-electron chi connectivity index (χ4n) is 4.48. The number of methoxy groups -OCH3 is 1. The largest absolute Gasteiger partial charge is 0.497 e. The number of hydrogen-bond acceptors (Lipinski definition) is 6. The number of hydrogen-bond donors (Lipinski definition) is 0. The van der Waals surface area contributed by atoms with Gasteiger partial charge in [-0.05, 0) is 56.2 Å². The number of ether oxygens (including phenoxy) is 1. The number of piperazine rings is 1. The zero-order valence-corrected chi connectivity index (χ0v) is 22.1. The third-order valence-electron chi connectivity index (χ3n) is 7.04. The number of aryl methyl sites for hydroxylation is 1. The second-order valence-corrected chi connectivity index (χ2v) is 9.38. The number of carbonyl (C=O) groups is 2. The lowest BCUT2D eigenvalue weighted by atomic mass is 10.1. The molecule has 0 unspecified atom stereocenters. The Morgan fingerprint density at radius 2 is 1.76 bits per heavy atom. The van der Waals surface area contributed by atoms with E-state index < -0.39 is 0 Å². The lowest BCUT2D eigenvalue weighted by Crippen LogP contribution is -2.53. The van der Waals surface area contributed by atoms with E-state index in [0.29, 0.717) is 31.7 Å². The van der Waals surface area contributed by atoms with Gasteiger partial charge in [-0.2, -0.15) is 0 Å². The summed E-state index contributed by atoms with van der Waals surface area (Å²) in [6.07, 6.45) is 0.781. The Hall–Kier alpha value is -3.94. The lowest BCUT2D eigenvalue weighted by Gasteiger charge is -2.37. The van der Waals surface area contributed by atoms with Gasteiger partial charge in [0.1, 0.15) is 12.3 Å². The summed E-state index contributed by atoms with van der Waals surface area (Å²) in [7, 11) is 1.64. The number of benzene rings is 2. The highest BCUT2D eigenvalue weighted by atomic mass is 16.5. The van der Waals surface area contributed by atoms with Gasteiger partial charge in [0, 0.05) is 43.3 Å². The highest BCUT2D eigenvalue weighted by Crippen LogP contribution is 2.23. The second-order valence-electron chi connectivity index (χ2n) is 9.38. The fraction of sp³-hybridized carbons (Fsp3) is 0.379. The van der Waals surface area contributed by atoms with E-state index in [1.54, 1.807) is 12.0 Å². The third-order valence-corrected chi connectivity index (χ3v) is 7.04. The van der Waals surface area contributed by atoms with Crippen LogP contribution >= 0.6 is 0 Å². The first-order chi connectivity index (χ1) is 17.9. The van der Waals surface area contributed by atoms with E-state index in [1.807, 2.05) is 86.3 Å². The number of anilines is 1. The molecule has 1 fully saturated rings. The number of amides is 2. The summed E-state index contributed by atoms with van der Waals surface area (Å²) >= 11 is 0. The Labute approximate surface area is 218 Å². The molecule has 0 N–H and O–H groups in total. The van der Waals surface area contributed by atoms with E-state index in [2.05, 4.69) is 15.1 Å². The van der Waals surface area contributed by atoms with Crippen LogP contribution in [-0.4, -0.2) is 77.7 Å². The molecule has 8 heteroatoms. The first kappa shape index (κ1) is 26.1. The van der Waals surface area contributed by atoms with Crippen molar-refractivity contribution in [2.24, 2.45) is 0 Å². The van der Waals surface area contributed by atoms with Crippen molar-refractivity contribution in [1.29, 1.82) is 0 Å². The first-order valence-corrected chi connectivity index (χ1v) is 12.8. The van der Waals surface area contributed by atoms with Crippen molar-refractivity contribution in [2.45, 2.75) is 33.2 Å². The molecule has 1 saturated heterocycles. The number of nitrogens with zero attached hydrogens (tertiary/aromatic N) is 5. The zero-order chi connectivity index (χ0) is 26.4. The quantitative estimate of drug-likeness (QED) is 0.463. The molecule has 1 atom stereocenters. The lowest BCUT2D eigenvalue weighted by molar-refractivity contribution is -0.132. The third kappa shape index (κ3) is 6.07. The summed E-state index contributed by atoms with van der Waals surface area (Å²) in [4.78, 5) is 32.2. The number of aromatic nitrogens is 2. The van der Waals surface area contributed by atoms with Crippen LogP contribution in [0.5, 0.6) is 5.75 Å². The minimum Gasteiger partial charge on any atom is -0.497 e. The summed E-state index contributed by atoms with van der Waals surface area (Å²) < 4.78 is 5.30. The molecule has 0 radical (unpaired) electrons. The monoisotopic (exact) mass is 501 g/mol. The van der Waals surface area contributed by atoms with Crippen LogP contribution in [0, 0.1) is 6.92 Å². The molecular formula is C29H35N5O3. The molecule has 8 nitrogen and oxygen atoms in total. The second kappa shape index (κ2) is 11.9. The Morgan fingerprint density at radius 3 is 2.41 bits per heavy atom. The first-order valence-electron chi connectivity index (χ1n) is 12.8. The molecule has 0 aliphatic carbocycles. The Balaban J connectivity index is 1.37. The Bertz CT molecular complexity index is 1220. The minimum absolute atomic E-state index is 0.0265. The van der Waals surface area contributed by atoms with Crippen LogP contribution in [0.3, 0.4) is 0 Å². The molecule has 2 amide bonds. The molecular weight excluding hydrogens is 466 g/mol. The van der Waals surface area contributed by atoms with Gasteiger partial charge >= 0.3 is 0 Å². The van der Waals surface area contributed by atoms with Gasteiger partial charge in [-0.3, -0.25) is 9.59 Å². The molecule has 2 heterocycles. The van der Waals surface area contributed by atoms with Gasteiger partial charge in [-0.1, -0.05) is 37.3 Å². The van der Waals surface area contributed by atoms with Crippen LogP contribution in [-0.2, 0) is 4.79 Å². The molecule has 0 saturated carbocycles. The fourth-order valence-corrected chi connectivity index (χ4v) is 4.48. The van der Waals surface area contributed by atoms with Gasteiger partial charge in [-0.15, -0.1) is 10.2 Å². The highest BCUT2D eigenvalue weighted by molar-refractivity contribution is 5.98. The summed E-state index contributed by atoms with van der Waals surface area (Å²) in [6, 6.07) is 19.2. The van der Waals surface area contributed by atoms with Gasteiger partial charge in [0.2, 0.25) is 5.91 Å². The standard InChI is InChI=1S/C29H35N5O3/c1-5-22(3)34(29(36)25-12-7-6-9-21(25)2)20-28(35)33-17-15-32(16-18-33)27-14-13-26(30-31-27)23-10-8-11-24(19-23)37-4/h6-14,19,22H,5,15-18,20H2,1-4H3/t22-/m1/s1. The Kier molecular flexibility index (Phi) is 8.38. The molecule has 37 heavy (non-hydrogen) atoms. The predicted octanol–water partition coefficient (Wildman–Crippen LogP) is 4.05. The van der Waals surface area contributed by atoms with Gasteiger partial charge in [0.05, 0.1) is 12.8 Å². The smallest absolute Gasteiger partial charge is 0.254 e. The normalized spacial score (nSPS) is 14.3. The van der Waals surface area contributed by atoms with Crippen molar-refractivity contribution in [3.8, 4) is 17.0 Å². The van der Waals surface area contributed by atoms with Crippen LogP contribution < -0.4 is 9.64 Å². The molecule has 3 aromatic rings. The van der Waals surface area contributed by atoms with Gasteiger partial charge in [-0.25, -0.2) is 0 Å². The van der Waals surface area contributed by atoms with Gasteiger partial charge in [0.25, 0.3) is 5.91 Å². The summed E-state index contributed by atoms with van der Waals surface area (Å²) in [5.41, 5.74) is 3.29. The molecule has 0 bridgehead atoms. The average molecular weight is 502 g/mol. The van der Waals surface area contributed by atoms with Crippen LogP contribution in [0.4, 0.5) is 5.82 Å². The van der Waals surface area contributed by atoms with Crippen LogP contribution in [0.1, 0.15) is 36.2 Å². The summed E-state index contributed by atoms with van der Waals surface area (Å²) in [6.45, 7) is 8.51. The molecule has 4 rings (SSSR count). The van der Waals surface area contributed by atoms with E-state index in [-0.39, 0.29) is 24.4 Å². The molecule has 2 aromatic carbocycles. The van der Waals surface area contributed by atoms with Crippen molar-refractivity contribution >= 4 is 17.6 Å². The molecule has 1 aliphatic heterocycles. The van der Waals surface area contributed by atoms with Crippen LogP contribution in [0.25, 0.3) is 11.3 Å². The maximum Gasteiger partial charge on any atom is 0.254 e. The SMILES string of the molecule is CC[C@@H](C)N(CC(=O)N1CCN(c2ccc(-c3cccc(OC)c3)nn2)CC1)C(=O)c1ccccc1C. The van der Waals surface area contributed by atoms with Crippen LogP contribution in [0.2, 0.25) is 0 Å². The van der Waals surface area contributed by atoms with Gasteiger partial charge in [0.15, 0.2) is 5.82 Å². The molecule has 194 valence electrons. The van der Waals surface area contributed by atoms with Crippen molar-refractivity contribution in [2.75, 3.05) is 44.7 Å². The van der Waals surface area contributed by atoms with Gasteiger partial charge < -0.3 is 19.4 Å². The maximum absolute atomic E-state index is 13.3. The predicted molar refractivity (Wildman–Crippen MR) is 145 cm³/mol. The zero-order valence-electron chi connectivity index (χ0n) is 22.1.